The maximum absolute atomic E-state index is 12.1. The molecule has 0 bridgehead atoms. The second-order valence-corrected chi connectivity index (χ2v) is 13.3. The van der Waals surface area contributed by atoms with Crippen LogP contribution in [0.25, 0.3) is 0 Å². The zero-order valence-electron chi connectivity index (χ0n) is 20.8. The van der Waals surface area contributed by atoms with Crippen molar-refractivity contribution in [2.45, 2.75) is 90.3 Å². The molecule has 8 nitrogen and oxygen atoms in total. The predicted molar refractivity (Wildman–Crippen MR) is 128 cm³/mol. The lowest BCUT2D eigenvalue weighted by Gasteiger charge is -2.62. The molecule has 0 radical (unpaired) electrons. The van der Waals surface area contributed by atoms with E-state index >= 15 is 0 Å². The Hall–Kier alpha value is -0.940. The molecule has 4 saturated carbocycles. The third-order valence-corrected chi connectivity index (χ3v) is 11.0. The van der Waals surface area contributed by atoms with Crippen molar-refractivity contribution in [3.8, 4) is 12.3 Å². The fourth-order valence-corrected chi connectivity index (χ4v) is 9.00. The molecular formula is C26H41O8P. The van der Waals surface area contributed by atoms with Gasteiger partial charge in [0.25, 0.3) is 0 Å². The number of carbonyl (C=O) groups is 1. The van der Waals surface area contributed by atoms with Gasteiger partial charge in [-0.3, -0.25) is 4.79 Å². The molecule has 0 aromatic carbocycles. The van der Waals surface area contributed by atoms with E-state index in [0.717, 1.165) is 51.4 Å². The van der Waals surface area contributed by atoms with E-state index in [1.807, 2.05) is 0 Å². The molecule has 198 valence electrons. The first kappa shape index (κ1) is 27.1. The fraction of sp³-hybridized carbons (Fsp3) is 0.885. The third-order valence-electron chi connectivity index (χ3n) is 10.5. The molecule has 4 aliphatic rings. The molecule has 5 unspecified atom stereocenters. The number of ether oxygens (including phenoxy) is 1. The highest BCUT2D eigenvalue weighted by Crippen LogP contribution is 2.68. The summed E-state index contributed by atoms with van der Waals surface area (Å²) in [5, 5.41) is 21.6. The molecule has 0 amide bonds. The van der Waals surface area contributed by atoms with Gasteiger partial charge in [-0.15, -0.1) is 12.3 Å². The Kier molecular flexibility index (Phi) is 7.81. The number of phosphoric ester groups is 1. The number of phosphoric acid groups is 1. The Bertz CT molecular complexity index is 881. The summed E-state index contributed by atoms with van der Waals surface area (Å²) in [6.45, 7) is 3.94. The number of hydrogen-bond donors (Lipinski definition) is 4. The summed E-state index contributed by atoms with van der Waals surface area (Å²) in [6.07, 6.45) is 13.5. The Morgan fingerprint density at radius 1 is 1.09 bits per heavy atom. The van der Waals surface area contributed by atoms with Crippen LogP contribution in [0.2, 0.25) is 0 Å². The van der Waals surface area contributed by atoms with E-state index in [4.69, 9.17) is 20.9 Å². The van der Waals surface area contributed by atoms with Gasteiger partial charge in [-0.1, -0.05) is 13.8 Å². The van der Waals surface area contributed by atoms with Gasteiger partial charge in [0.2, 0.25) is 6.79 Å². The van der Waals surface area contributed by atoms with Crippen molar-refractivity contribution in [2.75, 3.05) is 6.79 Å². The highest BCUT2D eigenvalue weighted by molar-refractivity contribution is 7.46. The maximum atomic E-state index is 12.1. The molecule has 0 aromatic heterocycles. The van der Waals surface area contributed by atoms with Gasteiger partial charge in [0.15, 0.2) is 0 Å². The Morgan fingerprint density at radius 3 is 2.46 bits per heavy atom. The van der Waals surface area contributed by atoms with Crippen molar-refractivity contribution >= 4 is 13.8 Å². The fourth-order valence-electron chi connectivity index (χ4n) is 8.81. The summed E-state index contributed by atoms with van der Waals surface area (Å²) in [6, 6.07) is 0. The lowest BCUT2D eigenvalue weighted by molar-refractivity contribution is -0.173. The van der Waals surface area contributed by atoms with Crippen molar-refractivity contribution < 1.29 is 38.6 Å². The first-order chi connectivity index (χ1) is 16.4. The molecule has 4 aliphatic carbocycles. The molecule has 0 saturated heterocycles. The maximum Gasteiger partial charge on any atom is 0.472 e. The monoisotopic (exact) mass is 512 g/mol. The molecule has 35 heavy (non-hydrogen) atoms. The largest absolute Gasteiger partial charge is 0.472 e. The van der Waals surface area contributed by atoms with E-state index < -0.39 is 20.6 Å². The Morgan fingerprint density at radius 2 is 1.77 bits per heavy atom. The van der Waals surface area contributed by atoms with Gasteiger partial charge in [-0.2, -0.15) is 0 Å². The van der Waals surface area contributed by atoms with E-state index in [0.29, 0.717) is 24.2 Å². The zero-order valence-corrected chi connectivity index (χ0v) is 21.7. The first-order valence-corrected chi connectivity index (χ1v) is 14.6. The zero-order chi connectivity index (χ0) is 25.6. The minimum atomic E-state index is -4.69. The van der Waals surface area contributed by atoms with Gasteiger partial charge >= 0.3 is 13.8 Å². The van der Waals surface area contributed by atoms with E-state index in [9.17, 15) is 19.6 Å². The highest BCUT2D eigenvalue weighted by atomic mass is 31.2. The van der Waals surface area contributed by atoms with Crippen molar-refractivity contribution in [1.82, 2.24) is 0 Å². The van der Waals surface area contributed by atoms with Crippen LogP contribution in [0.5, 0.6) is 0 Å². The number of fused-ring (bicyclic) bond motifs is 5. The van der Waals surface area contributed by atoms with Crippen LogP contribution in [0, 0.1) is 58.7 Å². The van der Waals surface area contributed by atoms with Gasteiger partial charge in [-0.05, 0) is 98.2 Å². The summed E-state index contributed by atoms with van der Waals surface area (Å²) >= 11 is 0. The van der Waals surface area contributed by atoms with Crippen molar-refractivity contribution in [3.63, 3.8) is 0 Å². The average Bonchev–Trinajstić information content (AvgIpc) is 3.12. The molecule has 4 rings (SSSR count). The van der Waals surface area contributed by atoms with E-state index in [1.54, 1.807) is 0 Å². The number of carbonyl (C=O) groups excluding carboxylic acids is 1. The topological polar surface area (TPSA) is 134 Å². The summed E-state index contributed by atoms with van der Waals surface area (Å²) in [7, 11) is -4.69. The van der Waals surface area contributed by atoms with Crippen molar-refractivity contribution in [3.05, 3.63) is 0 Å². The number of aliphatic hydroxyl groups excluding tert-OH is 2. The highest BCUT2D eigenvalue weighted by Gasteiger charge is 2.63. The average molecular weight is 513 g/mol. The second-order valence-electron chi connectivity index (χ2n) is 12.0. The predicted octanol–water partition coefficient (Wildman–Crippen LogP) is 3.62. The van der Waals surface area contributed by atoms with E-state index in [-0.39, 0.29) is 47.2 Å². The summed E-state index contributed by atoms with van der Waals surface area (Å²) in [4.78, 5) is 29.5. The SMILES string of the molecule is C#C[C@H](CCC(=O)OCOP(=O)(O)O)C1CCC2[C@@H]3C(O)C[C@@H]4C[C@H](O)CC[C@]4(C)C3CCC21C. The summed E-state index contributed by atoms with van der Waals surface area (Å²) < 4.78 is 19.7. The van der Waals surface area contributed by atoms with Crippen LogP contribution in [0.4, 0.5) is 0 Å². The number of hydrogen-bond acceptors (Lipinski definition) is 6. The molecule has 9 heteroatoms. The van der Waals surface area contributed by atoms with Crippen molar-refractivity contribution in [2.24, 2.45) is 46.3 Å². The minimum Gasteiger partial charge on any atom is -0.438 e. The lowest BCUT2D eigenvalue weighted by Crippen LogP contribution is -2.58. The summed E-state index contributed by atoms with van der Waals surface area (Å²) in [5.74, 6) is 3.97. The van der Waals surface area contributed by atoms with Crippen LogP contribution in [0.3, 0.4) is 0 Å². The van der Waals surface area contributed by atoms with Crippen LogP contribution >= 0.6 is 7.82 Å². The molecule has 4 fully saturated rings. The molecule has 0 heterocycles. The van der Waals surface area contributed by atoms with E-state index in [1.165, 1.54) is 0 Å². The van der Waals surface area contributed by atoms with Crippen LogP contribution < -0.4 is 0 Å². The third kappa shape index (κ3) is 5.23. The Labute approximate surface area is 208 Å². The first-order valence-electron chi connectivity index (χ1n) is 13.1. The smallest absolute Gasteiger partial charge is 0.438 e. The lowest BCUT2D eigenvalue weighted by atomic mass is 9.43. The number of rotatable bonds is 7. The molecule has 4 N–H and O–H groups in total. The minimum absolute atomic E-state index is 0.00396. The van der Waals surface area contributed by atoms with Crippen LogP contribution in [-0.2, 0) is 18.6 Å². The molecule has 10 atom stereocenters. The Balaban J connectivity index is 1.42. The molecule has 0 spiro atoms. The van der Waals surface area contributed by atoms with Gasteiger partial charge in [-0.25, -0.2) is 9.09 Å². The van der Waals surface area contributed by atoms with Gasteiger partial charge in [0, 0.05) is 12.3 Å². The van der Waals surface area contributed by atoms with Crippen LogP contribution in [-0.4, -0.2) is 45.0 Å². The normalized spacial score (nSPS) is 43.9. The number of aliphatic hydroxyl groups is 2. The van der Waals surface area contributed by atoms with Crippen LogP contribution in [0.1, 0.15) is 78.1 Å². The molecular weight excluding hydrogens is 471 g/mol. The number of terminal acetylenes is 1. The number of esters is 1. The second kappa shape index (κ2) is 10.1. The van der Waals surface area contributed by atoms with Crippen molar-refractivity contribution in [1.29, 1.82) is 0 Å². The molecule has 0 aliphatic heterocycles. The summed E-state index contributed by atoms with van der Waals surface area (Å²) in [5.41, 5.74) is 0.178. The molecule has 0 aromatic rings. The van der Waals surface area contributed by atoms with E-state index in [2.05, 4.69) is 24.3 Å². The van der Waals surface area contributed by atoms with Gasteiger partial charge in [0.05, 0.1) is 12.2 Å². The van der Waals surface area contributed by atoms with Crippen LogP contribution in [0.15, 0.2) is 0 Å². The quantitative estimate of drug-likeness (QED) is 0.176. The van der Waals surface area contributed by atoms with Gasteiger partial charge < -0.3 is 24.7 Å². The van der Waals surface area contributed by atoms with Gasteiger partial charge in [0.1, 0.15) is 0 Å². The standard InChI is InChI=1S/C26H41O8P/c1-4-16(5-8-23(29)33-15-34-35(30,31)32)19-6-7-20-24-21(10-12-26(19,20)3)25(2)11-9-18(27)13-17(25)14-22(24)28/h1,16-22,24,27-28H,5-15H2,2-3H3,(H2,30,31,32)/t16-,17+,18-,19?,20?,21?,22?,24+,25+,26?/m1/s1.